The highest BCUT2D eigenvalue weighted by Crippen LogP contribution is 2.20. The predicted octanol–water partition coefficient (Wildman–Crippen LogP) is 2.89. The van der Waals surface area contributed by atoms with Crippen LogP contribution in [0.15, 0.2) is 64.4 Å². The molecule has 148 valence electrons. The van der Waals surface area contributed by atoms with Gasteiger partial charge in [-0.15, -0.1) is 11.3 Å². The number of thiophene rings is 1. The lowest BCUT2D eigenvalue weighted by Gasteiger charge is -2.24. The molecule has 0 atom stereocenters. The number of carbonyl (C=O) groups is 1. The monoisotopic (exact) mass is 419 g/mol. The van der Waals surface area contributed by atoms with Gasteiger partial charge >= 0.3 is 0 Å². The standard InChI is InChI=1S/C19H21N3O4S2/c1-15-7-8-17(27-15)13-22(12-16-5-4-10-26-16)19(23)14-21(2)28(24,25)18-6-3-9-20-11-18/h3-11H,12-14H2,1-2H3. The summed E-state index contributed by atoms with van der Waals surface area (Å²) in [5.74, 6) is 0.330. The van der Waals surface area contributed by atoms with Crippen molar-refractivity contribution in [1.29, 1.82) is 0 Å². The van der Waals surface area contributed by atoms with Crippen LogP contribution >= 0.6 is 11.3 Å². The second-order valence-electron chi connectivity index (χ2n) is 6.29. The van der Waals surface area contributed by atoms with Crippen LogP contribution in [-0.4, -0.2) is 42.1 Å². The van der Waals surface area contributed by atoms with Gasteiger partial charge in [0.15, 0.2) is 0 Å². The first-order valence-electron chi connectivity index (χ1n) is 8.58. The summed E-state index contributed by atoms with van der Waals surface area (Å²) in [5, 5.41) is 0. The molecule has 3 aromatic heterocycles. The van der Waals surface area contributed by atoms with Gasteiger partial charge in [0, 0.05) is 29.2 Å². The zero-order valence-electron chi connectivity index (χ0n) is 15.6. The molecule has 9 heteroatoms. The maximum Gasteiger partial charge on any atom is 0.244 e. The fraction of sp³-hybridized carbons (Fsp3) is 0.263. The molecule has 0 fully saturated rings. The highest BCUT2D eigenvalue weighted by Gasteiger charge is 2.26. The molecule has 0 saturated carbocycles. The fourth-order valence-electron chi connectivity index (χ4n) is 2.64. The van der Waals surface area contributed by atoms with Crippen LogP contribution in [0, 0.1) is 6.92 Å². The van der Waals surface area contributed by atoms with Crippen molar-refractivity contribution in [2.24, 2.45) is 0 Å². The summed E-state index contributed by atoms with van der Waals surface area (Å²) >= 11 is 1.60. The number of sulfonamides is 1. The van der Waals surface area contributed by atoms with E-state index in [0.29, 0.717) is 12.3 Å². The molecule has 0 radical (unpaired) electrons. The first kappa shape index (κ1) is 20.2. The van der Waals surface area contributed by atoms with Crippen LogP contribution in [0.1, 0.15) is 15.5 Å². The number of carbonyl (C=O) groups excluding carboxylic acids is 1. The predicted molar refractivity (Wildman–Crippen MR) is 106 cm³/mol. The van der Waals surface area contributed by atoms with E-state index in [4.69, 9.17) is 4.42 Å². The average Bonchev–Trinajstić information content (AvgIpc) is 3.33. The Morgan fingerprint density at radius 1 is 1.18 bits per heavy atom. The largest absolute Gasteiger partial charge is 0.467 e. The van der Waals surface area contributed by atoms with Crippen molar-refractivity contribution in [3.63, 3.8) is 0 Å². The molecule has 0 aliphatic rings. The van der Waals surface area contributed by atoms with Gasteiger partial charge in [0.1, 0.15) is 10.7 Å². The topological polar surface area (TPSA) is 83.7 Å². The first-order chi connectivity index (χ1) is 13.4. The minimum atomic E-state index is -3.80. The molecule has 0 unspecified atom stereocenters. The lowest BCUT2D eigenvalue weighted by molar-refractivity contribution is -0.132. The minimum absolute atomic E-state index is 0.0526. The molecule has 7 nitrogen and oxygen atoms in total. The zero-order valence-corrected chi connectivity index (χ0v) is 17.2. The van der Waals surface area contributed by atoms with E-state index in [9.17, 15) is 13.2 Å². The maximum absolute atomic E-state index is 12.9. The number of pyridine rings is 1. The van der Waals surface area contributed by atoms with Gasteiger partial charge in [-0.1, -0.05) is 0 Å². The molecule has 0 aromatic carbocycles. The van der Waals surface area contributed by atoms with E-state index < -0.39 is 10.0 Å². The van der Waals surface area contributed by atoms with Crippen molar-refractivity contribution in [2.75, 3.05) is 13.6 Å². The van der Waals surface area contributed by atoms with Gasteiger partial charge in [-0.3, -0.25) is 9.78 Å². The average molecular weight is 420 g/mol. The molecule has 0 spiro atoms. The third-order valence-electron chi connectivity index (χ3n) is 4.12. The summed E-state index contributed by atoms with van der Waals surface area (Å²) in [6.45, 7) is 2.38. The molecule has 1 amide bonds. The Balaban J connectivity index is 1.76. The maximum atomic E-state index is 12.9. The van der Waals surface area contributed by atoms with Crippen LogP contribution in [0.5, 0.6) is 0 Å². The molecule has 28 heavy (non-hydrogen) atoms. The van der Waals surface area contributed by atoms with Gasteiger partial charge < -0.3 is 9.32 Å². The number of amides is 1. The van der Waals surface area contributed by atoms with E-state index in [1.165, 1.54) is 25.5 Å². The number of likely N-dealkylation sites (N-methyl/N-ethyl adjacent to an activating group) is 1. The van der Waals surface area contributed by atoms with Crippen molar-refractivity contribution in [3.8, 4) is 0 Å². The number of hydrogen-bond donors (Lipinski definition) is 0. The summed E-state index contributed by atoms with van der Waals surface area (Å²) in [4.78, 5) is 20.6. The Bertz CT molecular complexity index is 1010. The van der Waals surface area contributed by atoms with E-state index in [-0.39, 0.29) is 23.9 Å². The lowest BCUT2D eigenvalue weighted by Crippen LogP contribution is -2.40. The number of aryl methyl sites for hydroxylation is 1. The Labute approximate surface area is 168 Å². The van der Waals surface area contributed by atoms with Crippen LogP contribution in [-0.2, 0) is 27.9 Å². The fourth-order valence-corrected chi connectivity index (χ4v) is 4.63. The summed E-state index contributed by atoms with van der Waals surface area (Å²) in [6, 6.07) is 10.5. The number of rotatable bonds is 8. The molecule has 0 N–H and O–H groups in total. The van der Waals surface area contributed by atoms with Crippen molar-refractivity contribution in [2.45, 2.75) is 24.9 Å². The van der Waals surface area contributed by atoms with E-state index in [1.807, 2.05) is 19.1 Å². The van der Waals surface area contributed by atoms with E-state index in [1.54, 1.807) is 40.7 Å². The Morgan fingerprint density at radius 3 is 2.61 bits per heavy atom. The quantitative estimate of drug-likeness (QED) is 0.561. The van der Waals surface area contributed by atoms with Gasteiger partial charge in [0.25, 0.3) is 0 Å². The van der Waals surface area contributed by atoms with Crippen molar-refractivity contribution < 1.29 is 17.6 Å². The summed E-state index contributed by atoms with van der Waals surface area (Å²) < 4.78 is 31.7. The molecule has 3 rings (SSSR count). The Morgan fingerprint density at radius 2 is 2.00 bits per heavy atom. The smallest absolute Gasteiger partial charge is 0.244 e. The van der Waals surface area contributed by atoms with Gasteiger partial charge in [-0.25, -0.2) is 8.42 Å². The van der Waals surface area contributed by atoms with Gasteiger partial charge in [0.2, 0.25) is 15.9 Å². The molecular weight excluding hydrogens is 398 g/mol. The molecule has 3 heterocycles. The third-order valence-corrected chi connectivity index (χ3v) is 6.90. The van der Waals surface area contributed by atoms with Crippen LogP contribution < -0.4 is 0 Å². The van der Waals surface area contributed by atoms with Crippen molar-refractivity contribution in [1.82, 2.24) is 14.2 Å². The summed E-state index contributed by atoms with van der Waals surface area (Å²) in [7, 11) is -2.41. The second kappa shape index (κ2) is 8.68. The number of furan rings is 1. The molecular formula is C19H21N3O4S2. The SMILES string of the molecule is Cc1ccc(CN(Cc2ccco2)C(=O)CN(C)S(=O)(=O)c2cccnc2)s1. The molecule has 0 aliphatic carbocycles. The normalized spacial score (nSPS) is 11.7. The van der Waals surface area contributed by atoms with Gasteiger partial charge in [-0.2, -0.15) is 4.31 Å². The highest BCUT2D eigenvalue weighted by atomic mass is 32.2. The van der Waals surface area contributed by atoms with E-state index >= 15 is 0 Å². The van der Waals surface area contributed by atoms with Gasteiger partial charge in [-0.05, 0) is 43.3 Å². The van der Waals surface area contributed by atoms with Gasteiger partial charge in [0.05, 0.1) is 25.9 Å². The molecule has 0 bridgehead atoms. The minimum Gasteiger partial charge on any atom is -0.467 e. The van der Waals surface area contributed by atoms with E-state index in [2.05, 4.69) is 4.98 Å². The molecule has 0 aliphatic heterocycles. The lowest BCUT2D eigenvalue weighted by atomic mass is 10.3. The Kier molecular flexibility index (Phi) is 6.28. The molecule has 0 saturated heterocycles. The second-order valence-corrected chi connectivity index (χ2v) is 9.71. The van der Waals surface area contributed by atoms with Crippen LogP contribution in [0.25, 0.3) is 0 Å². The summed E-state index contributed by atoms with van der Waals surface area (Å²) in [5.41, 5.74) is 0. The van der Waals surface area contributed by atoms with Crippen molar-refractivity contribution in [3.05, 3.63) is 70.6 Å². The highest BCUT2D eigenvalue weighted by molar-refractivity contribution is 7.89. The first-order valence-corrected chi connectivity index (χ1v) is 10.8. The van der Waals surface area contributed by atoms with Crippen molar-refractivity contribution >= 4 is 27.3 Å². The third kappa shape index (κ3) is 4.86. The zero-order chi connectivity index (χ0) is 20.1. The van der Waals surface area contributed by atoms with Crippen LogP contribution in [0.3, 0.4) is 0 Å². The van der Waals surface area contributed by atoms with Crippen LogP contribution in [0.4, 0.5) is 0 Å². The number of nitrogens with zero attached hydrogens (tertiary/aromatic N) is 3. The number of aromatic nitrogens is 1. The summed E-state index contributed by atoms with van der Waals surface area (Å²) in [6.07, 6.45) is 4.32. The number of hydrogen-bond acceptors (Lipinski definition) is 6. The van der Waals surface area contributed by atoms with E-state index in [0.717, 1.165) is 14.1 Å². The Hall–Kier alpha value is -2.49. The van der Waals surface area contributed by atoms with Crippen LogP contribution in [0.2, 0.25) is 0 Å². The molecule has 3 aromatic rings.